The molecule has 6 nitrogen and oxygen atoms in total. The first kappa shape index (κ1) is 65.6. The van der Waals surface area contributed by atoms with Crippen LogP contribution in [0.5, 0.6) is 0 Å². The maximum Gasteiger partial charge on any atom is 0.306 e. The standard InChI is InChI=1S/C62H114O6/c1-4-7-10-13-16-19-22-24-26-28-29-30-31-32-33-34-36-37-40-43-46-49-52-55-61(64)67-58-59(57-66-60(63)54-51-48-45-42-39-21-18-15-12-9-6-3)68-62(65)56-53-50-47-44-41-38-35-27-25-23-20-17-14-11-8-5-2/h22,24,28-29,31-32,59H,4-21,23,25-27,30,33-58H2,1-3H3/b24-22-,29-28-,32-31-. The Labute approximate surface area is 423 Å². The highest BCUT2D eigenvalue weighted by molar-refractivity contribution is 5.71. The summed E-state index contributed by atoms with van der Waals surface area (Å²) >= 11 is 0. The van der Waals surface area contributed by atoms with Gasteiger partial charge in [-0.05, 0) is 57.8 Å². The average Bonchev–Trinajstić information content (AvgIpc) is 3.34. The number of ether oxygens (including phenoxy) is 3. The van der Waals surface area contributed by atoms with Gasteiger partial charge in [0.05, 0.1) is 0 Å². The predicted molar refractivity (Wildman–Crippen MR) is 293 cm³/mol. The van der Waals surface area contributed by atoms with E-state index in [1.165, 1.54) is 205 Å². The van der Waals surface area contributed by atoms with Gasteiger partial charge >= 0.3 is 17.9 Å². The summed E-state index contributed by atoms with van der Waals surface area (Å²) in [4.78, 5) is 38.1. The second-order valence-electron chi connectivity index (χ2n) is 20.3. The van der Waals surface area contributed by atoms with Gasteiger partial charge in [-0.2, -0.15) is 0 Å². The molecule has 0 amide bonds. The summed E-state index contributed by atoms with van der Waals surface area (Å²) in [5, 5.41) is 0. The third kappa shape index (κ3) is 54.6. The lowest BCUT2D eigenvalue weighted by Crippen LogP contribution is -2.30. The summed E-state index contributed by atoms with van der Waals surface area (Å²) in [6.07, 6.45) is 68.5. The van der Waals surface area contributed by atoms with Gasteiger partial charge in [0.25, 0.3) is 0 Å². The monoisotopic (exact) mass is 955 g/mol. The molecule has 0 aromatic heterocycles. The first-order valence-electron chi connectivity index (χ1n) is 30.0. The fourth-order valence-corrected chi connectivity index (χ4v) is 8.86. The van der Waals surface area contributed by atoms with Crippen molar-refractivity contribution in [3.05, 3.63) is 36.5 Å². The highest BCUT2D eigenvalue weighted by Gasteiger charge is 2.19. The Bertz CT molecular complexity index is 1140. The number of rotatable bonds is 55. The van der Waals surface area contributed by atoms with Crippen LogP contribution in [-0.2, 0) is 28.6 Å². The van der Waals surface area contributed by atoms with Crippen molar-refractivity contribution in [1.82, 2.24) is 0 Å². The average molecular weight is 956 g/mol. The largest absolute Gasteiger partial charge is 0.462 e. The Balaban J connectivity index is 4.27. The van der Waals surface area contributed by atoms with Crippen LogP contribution in [0.3, 0.4) is 0 Å². The molecule has 0 spiro atoms. The van der Waals surface area contributed by atoms with E-state index in [4.69, 9.17) is 14.2 Å². The van der Waals surface area contributed by atoms with E-state index in [1.54, 1.807) is 0 Å². The molecule has 0 aromatic carbocycles. The summed E-state index contributed by atoms with van der Waals surface area (Å²) in [5.41, 5.74) is 0. The highest BCUT2D eigenvalue weighted by atomic mass is 16.6. The topological polar surface area (TPSA) is 78.9 Å². The van der Waals surface area contributed by atoms with Crippen molar-refractivity contribution >= 4 is 17.9 Å². The first-order chi connectivity index (χ1) is 33.5. The van der Waals surface area contributed by atoms with E-state index < -0.39 is 6.10 Å². The smallest absolute Gasteiger partial charge is 0.306 e. The summed E-state index contributed by atoms with van der Waals surface area (Å²) in [7, 11) is 0. The van der Waals surface area contributed by atoms with E-state index in [0.717, 1.165) is 77.0 Å². The molecule has 1 unspecified atom stereocenters. The van der Waals surface area contributed by atoms with E-state index in [-0.39, 0.29) is 31.1 Å². The quantitative estimate of drug-likeness (QED) is 0.0262. The molecule has 0 saturated heterocycles. The summed E-state index contributed by atoms with van der Waals surface area (Å²) in [5.74, 6) is -0.858. The zero-order valence-corrected chi connectivity index (χ0v) is 45.6. The lowest BCUT2D eigenvalue weighted by Gasteiger charge is -2.18. The Morgan fingerprint density at radius 1 is 0.294 bits per heavy atom. The molecule has 0 bridgehead atoms. The fraction of sp³-hybridized carbons (Fsp3) is 0.855. The Hall–Kier alpha value is -2.37. The zero-order chi connectivity index (χ0) is 49.3. The molecule has 0 aliphatic heterocycles. The number of carbonyl (C=O) groups excluding carboxylic acids is 3. The Morgan fingerprint density at radius 2 is 0.529 bits per heavy atom. The molecule has 0 saturated carbocycles. The fourth-order valence-electron chi connectivity index (χ4n) is 8.86. The minimum absolute atomic E-state index is 0.0695. The Morgan fingerprint density at radius 3 is 0.824 bits per heavy atom. The molecular formula is C62H114O6. The van der Waals surface area contributed by atoms with E-state index in [2.05, 4.69) is 57.2 Å². The summed E-state index contributed by atoms with van der Waals surface area (Å²) in [6.45, 7) is 6.66. The molecule has 0 aliphatic rings. The molecule has 0 heterocycles. The number of carbonyl (C=O) groups is 3. The van der Waals surface area contributed by atoms with Crippen molar-refractivity contribution in [1.29, 1.82) is 0 Å². The van der Waals surface area contributed by atoms with Crippen LogP contribution in [0.1, 0.15) is 323 Å². The first-order valence-corrected chi connectivity index (χ1v) is 30.0. The van der Waals surface area contributed by atoms with E-state index in [1.807, 2.05) is 0 Å². The van der Waals surface area contributed by atoms with Gasteiger partial charge in [-0.3, -0.25) is 14.4 Å². The molecule has 0 fully saturated rings. The molecule has 1 atom stereocenters. The third-order valence-electron chi connectivity index (χ3n) is 13.4. The maximum absolute atomic E-state index is 12.8. The van der Waals surface area contributed by atoms with Crippen LogP contribution in [0.4, 0.5) is 0 Å². The number of allylic oxidation sites excluding steroid dienone is 6. The number of hydrogen-bond donors (Lipinski definition) is 0. The van der Waals surface area contributed by atoms with Crippen molar-refractivity contribution in [2.45, 2.75) is 329 Å². The van der Waals surface area contributed by atoms with Crippen molar-refractivity contribution in [3.63, 3.8) is 0 Å². The molecule has 0 aliphatic carbocycles. The summed E-state index contributed by atoms with van der Waals surface area (Å²) < 4.78 is 16.9. The van der Waals surface area contributed by atoms with Crippen molar-refractivity contribution < 1.29 is 28.6 Å². The van der Waals surface area contributed by atoms with Crippen LogP contribution in [0.2, 0.25) is 0 Å². The van der Waals surface area contributed by atoms with Gasteiger partial charge in [-0.25, -0.2) is 0 Å². The van der Waals surface area contributed by atoms with Crippen molar-refractivity contribution in [2.75, 3.05) is 13.2 Å². The van der Waals surface area contributed by atoms with Crippen LogP contribution in [-0.4, -0.2) is 37.2 Å². The van der Waals surface area contributed by atoms with Gasteiger partial charge in [0, 0.05) is 19.3 Å². The minimum Gasteiger partial charge on any atom is -0.462 e. The lowest BCUT2D eigenvalue weighted by atomic mass is 10.0. The molecule has 0 N–H and O–H groups in total. The second kappa shape index (κ2) is 57.2. The Kier molecular flexibility index (Phi) is 55.2. The molecule has 0 radical (unpaired) electrons. The maximum atomic E-state index is 12.8. The van der Waals surface area contributed by atoms with Gasteiger partial charge in [0.1, 0.15) is 13.2 Å². The molecule has 0 aromatic rings. The third-order valence-corrected chi connectivity index (χ3v) is 13.4. The van der Waals surface area contributed by atoms with Gasteiger partial charge in [0.2, 0.25) is 0 Å². The molecular weight excluding hydrogens is 841 g/mol. The molecule has 398 valence electrons. The normalized spacial score (nSPS) is 12.2. The van der Waals surface area contributed by atoms with Crippen LogP contribution in [0.25, 0.3) is 0 Å². The van der Waals surface area contributed by atoms with Crippen molar-refractivity contribution in [3.8, 4) is 0 Å². The number of hydrogen-bond acceptors (Lipinski definition) is 6. The van der Waals surface area contributed by atoms with Gasteiger partial charge in [-0.15, -0.1) is 0 Å². The van der Waals surface area contributed by atoms with E-state index in [0.29, 0.717) is 19.3 Å². The zero-order valence-electron chi connectivity index (χ0n) is 45.6. The van der Waals surface area contributed by atoms with Crippen LogP contribution in [0, 0.1) is 0 Å². The number of esters is 3. The van der Waals surface area contributed by atoms with Gasteiger partial charge < -0.3 is 14.2 Å². The number of unbranched alkanes of at least 4 members (excludes halogenated alkanes) is 38. The molecule has 6 heteroatoms. The van der Waals surface area contributed by atoms with Gasteiger partial charge in [-0.1, -0.05) is 282 Å². The SMILES string of the molecule is CCCCCCC/C=C\C/C=C\C/C=C\CCCCCCCCCCC(=O)OCC(COC(=O)CCCCCCCCCCCCC)OC(=O)CCCCCCCCCCCCCCCCCC. The summed E-state index contributed by atoms with van der Waals surface area (Å²) in [6, 6.07) is 0. The van der Waals surface area contributed by atoms with Crippen LogP contribution < -0.4 is 0 Å². The molecule has 68 heavy (non-hydrogen) atoms. The van der Waals surface area contributed by atoms with E-state index >= 15 is 0 Å². The van der Waals surface area contributed by atoms with Crippen molar-refractivity contribution in [2.24, 2.45) is 0 Å². The van der Waals surface area contributed by atoms with Crippen LogP contribution in [0.15, 0.2) is 36.5 Å². The molecule has 0 rings (SSSR count). The van der Waals surface area contributed by atoms with Crippen LogP contribution >= 0.6 is 0 Å². The lowest BCUT2D eigenvalue weighted by molar-refractivity contribution is -0.167. The highest BCUT2D eigenvalue weighted by Crippen LogP contribution is 2.17. The van der Waals surface area contributed by atoms with E-state index in [9.17, 15) is 14.4 Å². The van der Waals surface area contributed by atoms with Gasteiger partial charge in [0.15, 0.2) is 6.10 Å². The predicted octanol–water partition coefficient (Wildman–Crippen LogP) is 20.0. The minimum atomic E-state index is -0.770. The second-order valence-corrected chi connectivity index (χ2v) is 20.3.